The zero-order valence-electron chi connectivity index (χ0n) is 24.1. The number of para-hydroxylation sites is 2. The number of hydrogen-bond donors (Lipinski definition) is 0. The van der Waals surface area contributed by atoms with E-state index in [9.17, 15) is 9.59 Å². The first-order chi connectivity index (χ1) is 21.5. The van der Waals surface area contributed by atoms with Gasteiger partial charge in [0.05, 0.1) is 23.0 Å². The van der Waals surface area contributed by atoms with Crippen LogP contribution in [0.3, 0.4) is 0 Å². The Kier molecular flexibility index (Phi) is 7.15. The van der Waals surface area contributed by atoms with Gasteiger partial charge in [-0.2, -0.15) is 0 Å². The third-order valence-electron chi connectivity index (χ3n) is 8.39. The van der Waals surface area contributed by atoms with Gasteiger partial charge in [-0.3, -0.25) is 19.4 Å². The van der Waals surface area contributed by atoms with Crippen LogP contribution >= 0.6 is 15.9 Å². The van der Waals surface area contributed by atoms with E-state index in [1.165, 1.54) is 0 Å². The highest BCUT2D eigenvalue weighted by Crippen LogP contribution is 2.55. The topological polar surface area (TPSA) is 49.9 Å². The molecule has 0 bridgehead atoms. The van der Waals surface area contributed by atoms with Crippen LogP contribution in [-0.2, 0) is 15.3 Å². The molecule has 2 amide bonds. The summed E-state index contributed by atoms with van der Waals surface area (Å²) >= 11 is 3.66. The minimum Gasteiger partial charge on any atom is -0.462 e. The number of carbonyl (C=O) groups is 2. The van der Waals surface area contributed by atoms with Gasteiger partial charge in [-0.15, -0.1) is 0 Å². The monoisotopic (exact) mass is 640 g/mol. The van der Waals surface area contributed by atoms with E-state index >= 15 is 0 Å². The summed E-state index contributed by atoms with van der Waals surface area (Å²) in [5, 5.41) is 0. The molecule has 0 aromatic heterocycles. The van der Waals surface area contributed by atoms with Gasteiger partial charge in [-0.1, -0.05) is 119 Å². The molecule has 0 aliphatic carbocycles. The van der Waals surface area contributed by atoms with Gasteiger partial charge in [-0.25, -0.2) is 0 Å². The van der Waals surface area contributed by atoms with E-state index in [2.05, 4.69) is 15.9 Å². The molecule has 5 aromatic rings. The Balaban J connectivity index is 1.55. The van der Waals surface area contributed by atoms with E-state index in [1.807, 2.05) is 151 Å². The number of halogens is 1. The lowest BCUT2D eigenvalue weighted by Crippen LogP contribution is -2.55. The highest BCUT2D eigenvalue weighted by atomic mass is 79.9. The molecule has 44 heavy (non-hydrogen) atoms. The maximum atomic E-state index is 14.8. The van der Waals surface area contributed by atoms with Gasteiger partial charge >= 0.3 is 0 Å². The van der Waals surface area contributed by atoms with E-state index in [-0.39, 0.29) is 18.2 Å². The van der Waals surface area contributed by atoms with E-state index in [4.69, 9.17) is 4.74 Å². The fourth-order valence-corrected chi connectivity index (χ4v) is 6.77. The third-order valence-corrected chi connectivity index (χ3v) is 8.89. The average Bonchev–Trinajstić information content (AvgIpc) is 3.21. The molecule has 216 valence electrons. The molecule has 0 saturated heterocycles. The summed E-state index contributed by atoms with van der Waals surface area (Å²) in [5.74, 6) is 0.198. The summed E-state index contributed by atoms with van der Waals surface area (Å²) in [5.41, 5.74) is 3.57. The normalized spacial score (nSPS) is 19.5. The molecule has 0 saturated carbocycles. The second kappa shape index (κ2) is 11.3. The van der Waals surface area contributed by atoms with Crippen molar-refractivity contribution in [1.82, 2.24) is 0 Å². The maximum absolute atomic E-state index is 14.8. The highest BCUT2D eigenvalue weighted by Gasteiger charge is 2.55. The number of amides is 2. The van der Waals surface area contributed by atoms with Crippen molar-refractivity contribution in [3.8, 4) is 0 Å². The molecule has 5 aromatic carbocycles. The van der Waals surface area contributed by atoms with E-state index < -0.39 is 11.8 Å². The largest absolute Gasteiger partial charge is 0.462 e. The second-order valence-electron chi connectivity index (χ2n) is 11.0. The summed E-state index contributed by atoms with van der Waals surface area (Å²) in [7, 11) is 0. The van der Waals surface area contributed by atoms with Gasteiger partial charge in [0, 0.05) is 27.6 Å². The Morgan fingerprint density at radius 1 is 0.773 bits per heavy atom. The Morgan fingerprint density at radius 3 is 2.07 bits per heavy atom. The van der Waals surface area contributed by atoms with Crippen molar-refractivity contribution < 1.29 is 14.3 Å². The number of anilines is 2. The van der Waals surface area contributed by atoms with Crippen molar-refractivity contribution in [1.29, 1.82) is 0 Å². The van der Waals surface area contributed by atoms with E-state index in [1.54, 1.807) is 4.90 Å². The van der Waals surface area contributed by atoms with Gasteiger partial charge < -0.3 is 4.74 Å². The zero-order chi connectivity index (χ0) is 30.3. The molecule has 7 rings (SSSR count). The minimum absolute atomic E-state index is 0.161. The molecule has 0 N–H and O–H groups in total. The molecule has 0 fully saturated rings. The Bertz CT molecular complexity index is 1890. The predicted octanol–water partition coefficient (Wildman–Crippen LogP) is 8.89. The molecular weight excluding hydrogens is 612 g/mol. The third kappa shape index (κ3) is 4.63. The Labute approximate surface area is 265 Å². The zero-order valence-corrected chi connectivity index (χ0v) is 25.6. The van der Waals surface area contributed by atoms with Crippen molar-refractivity contribution in [2.45, 2.75) is 25.1 Å². The number of carbonyl (C=O) groups excluding carboxylic acids is 2. The molecular formula is C38H29BrN2O3. The average molecular weight is 642 g/mol. The number of nitrogens with zero attached hydrogens (tertiary/aromatic N) is 2. The molecule has 2 aliphatic rings. The van der Waals surface area contributed by atoms with Crippen LogP contribution in [0, 0.1) is 0 Å². The van der Waals surface area contributed by atoms with Crippen LogP contribution in [0.15, 0.2) is 150 Å². The number of fused-ring (bicyclic) bond motifs is 3. The lowest BCUT2D eigenvalue weighted by atomic mass is 9.87. The Hall–Kier alpha value is -4.94. The van der Waals surface area contributed by atoms with Crippen LogP contribution in [0.1, 0.15) is 46.4 Å². The SMILES string of the molecule is CC1=C(c2ccccc2)O[C@@]2(c3ccccc3)C[C@H](c3cccc(Br)c3)N(C(=O)c3ccccc3)c3ccccc3N2C1=O. The first-order valence-electron chi connectivity index (χ1n) is 14.6. The molecule has 5 nitrogen and oxygen atoms in total. The number of ether oxygens (including phenoxy) is 1. The van der Waals surface area contributed by atoms with Crippen LogP contribution in [0.4, 0.5) is 11.4 Å². The van der Waals surface area contributed by atoms with Crippen LogP contribution in [0.25, 0.3) is 5.76 Å². The van der Waals surface area contributed by atoms with E-state index in [0.717, 1.165) is 21.2 Å². The van der Waals surface area contributed by atoms with Crippen LogP contribution in [0.2, 0.25) is 0 Å². The maximum Gasteiger partial charge on any atom is 0.261 e. The quantitative estimate of drug-likeness (QED) is 0.197. The summed E-state index contributed by atoms with van der Waals surface area (Å²) in [6, 6.07) is 44.1. The first-order valence-corrected chi connectivity index (χ1v) is 15.4. The fraction of sp³-hybridized carbons (Fsp3) is 0.105. The van der Waals surface area contributed by atoms with Gasteiger partial charge in [-0.05, 0) is 48.9 Å². The van der Waals surface area contributed by atoms with Gasteiger partial charge in [0.1, 0.15) is 5.76 Å². The molecule has 2 atom stereocenters. The molecule has 2 heterocycles. The lowest BCUT2D eigenvalue weighted by Gasteiger charge is -2.47. The van der Waals surface area contributed by atoms with Crippen molar-refractivity contribution in [2.24, 2.45) is 0 Å². The number of hydrogen-bond acceptors (Lipinski definition) is 3. The summed E-state index contributed by atoms with van der Waals surface area (Å²) < 4.78 is 8.12. The second-order valence-corrected chi connectivity index (χ2v) is 11.9. The number of rotatable bonds is 4. The van der Waals surface area contributed by atoms with Crippen molar-refractivity contribution in [3.63, 3.8) is 0 Å². The van der Waals surface area contributed by atoms with Crippen LogP contribution in [-0.4, -0.2) is 11.8 Å². The standard InChI is InChI=1S/C38H29BrN2O3/c1-26-35(27-14-5-2-6-15-27)44-38(30-19-9-4-10-20-30)25-34(29-18-13-21-31(39)24-29)40(37(43)28-16-7-3-8-17-28)32-22-11-12-23-33(32)41(38)36(26)42/h2-24,34H,25H2,1H3/t34-,38-/m1/s1. The van der Waals surface area contributed by atoms with Gasteiger partial charge in [0.15, 0.2) is 0 Å². The molecule has 0 unspecified atom stereocenters. The summed E-state index contributed by atoms with van der Waals surface area (Å²) in [4.78, 5) is 33.0. The van der Waals surface area contributed by atoms with Crippen LogP contribution < -0.4 is 9.80 Å². The predicted molar refractivity (Wildman–Crippen MR) is 177 cm³/mol. The Morgan fingerprint density at radius 2 is 1.39 bits per heavy atom. The first kappa shape index (κ1) is 27.9. The highest BCUT2D eigenvalue weighted by molar-refractivity contribution is 9.10. The molecule has 2 aliphatic heterocycles. The van der Waals surface area contributed by atoms with Crippen LogP contribution in [0.5, 0.6) is 0 Å². The minimum atomic E-state index is -1.28. The summed E-state index contributed by atoms with van der Waals surface area (Å²) in [6.45, 7) is 1.81. The summed E-state index contributed by atoms with van der Waals surface area (Å²) in [6.07, 6.45) is 0.274. The fourth-order valence-electron chi connectivity index (χ4n) is 6.36. The smallest absolute Gasteiger partial charge is 0.261 e. The molecule has 0 radical (unpaired) electrons. The van der Waals surface area contributed by atoms with Crippen molar-refractivity contribution >= 4 is 44.9 Å². The van der Waals surface area contributed by atoms with Crippen molar-refractivity contribution in [3.05, 3.63) is 172 Å². The lowest BCUT2D eigenvalue weighted by molar-refractivity contribution is -0.122. The van der Waals surface area contributed by atoms with E-state index in [0.29, 0.717) is 28.3 Å². The molecule has 6 heteroatoms. The van der Waals surface area contributed by atoms with Gasteiger partial charge in [0.2, 0.25) is 5.72 Å². The molecule has 0 spiro atoms. The van der Waals surface area contributed by atoms with Gasteiger partial charge in [0.25, 0.3) is 11.8 Å². The van der Waals surface area contributed by atoms with Crippen molar-refractivity contribution in [2.75, 3.05) is 9.80 Å². The number of benzene rings is 5.